The molecule has 1 aromatic rings. The molecular weight excluding hydrogens is 316 g/mol. The van der Waals surface area contributed by atoms with Crippen molar-refractivity contribution < 1.29 is 19.1 Å². The van der Waals surface area contributed by atoms with E-state index in [1.54, 1.807) is 25.8 Å². The van der Waals surface area contributed by atoms with E-state index in [2.05, 4.69) is 4.99 Å². The van der Waals surface area contributed by atoms with Crippen molar-refractivity contribution in [3.8, 4) is 5.75 Å². The molecule has 2 atom stereocenters. The second kappa shape index (κ2) is 6.62. The van der Waals surface area contributed by atoms with Gasteiger partial charge < -0.3 is 14.4 Å². The number of aliphatic imine (C=N–C) groups is 1. The summed E-state index contributed by atoms with van der Waals surface area (Å²) in [6, 6.07) is 7.05. The topological polar surface area (TPSA) is 68.2 Å². The third kappa shape index (κ3) is 2.93. The van der Waals surface area contributed by atoms with Gasteiger partial charge in [0.1, 0.15) is 5.75 Å². The Labute approximate surface area is 138 Å². The van der Waals surface area contributed by atoms with E-state index in [4.69, 9.17) is 9.47 Å². The van der Waals surface area contributed by atoms with Crippen LogP contribution in [0.1, 0.15) is 18.5 Å². The Hall–Kier alpha value is -2.02. The fraction of sp³-hybridized carbons (Fsp3) is 0.438. The maximum Gasteiger partial charge on any atom is 0.321 e. The number of rotatable bonds is 4. The summed E-state index contributed by atoms with van der Waals surface area (Å²) in [4.78, 5) is 30.8. The summed E-state index contributed by atoms with van der Waals surface area (Å²) in [6.07, 6.45) is 0. The summed E-state index contributed by atoms with van der Waals surface area (Å²) in [7, 11) is 1.60. The van der Waals surface area contributed by atoms with Crippen molar-refractivity contribution in [1.82, 2.24) is 4.90 Å². The van der Waals surface area contributed by atoms with Crippen molar-refractivity contribution in [3.05, 3.63) is 29.8 Å². The highest BCUT2D eigenvalue weighted by molar-refractivity contribution is 8.14. The molecule has 23 heavy (non-hydrogen) atoms. The molecule has 1 fully saturated rings. The van der Waals surface area contributed by atoms with Crippen molar-refractivity contribution in [2.45, 2.75) is 13.0 Å². The highest BCUT2D eigenvalue weighted by Gasteiger charge is 2.46. The maximum atomic E-state index is 12.4. The van der Waals surface area contributed by atoms with Crippen molar-refractivity contribution >= 4 is 28.8 Å². The number of carbonyl (C=O) groups is 2. The normalized spacial score (nSPS) is 23.3. The predicted octanol–water partition coefficient (Wildman–Crippen LogP) is 1.86. The molecule has 1 aromatic carbocycles. The number of fused-ring (bicyclic) bond motifs is 1. The van der Waals surface area contributed by atoms with Crippen LogP contribution in [0.2, 0.25) is 0 Å². The van der Waals surface area contributed by atoms with Crippen LogP contribution in [-0.2, 0) is 14.3 Å². The summed E-state index contributed by atoms with van der Waals surface area (Å²) in [6.45, 7) is 2.72. The number of amidine groups is 1. The van der Waals surface area contributed by atoms with Crippen LogP contribution in [0.15, 0.2) is 29.3 Å². The third-order valence-corrected chi connectivity index (χ3v) is 4.90. The lowest BCUT2D eigenvalue weighted by Gasteiger charge is -2.36. The van der Waals surface area contributed by atoms with Crippen molar-refractivity contribution in [1.29, 1.82) is 0 Å². The van der Waals surface area contributed by atoms with Crippen molar-refractivity contribution in [3.63, 3.8) is 0 Å². The number of esters is 1. The van der Waals surface area contributed by atoms with Gasteiger partial charge in [-0.05, 0) is 24.6 Å². The van der Waals surface area contributed by atoms with Crippen LogP contribution in [-0.4, -0.2) is 48.0 Å². The molecule has 0 saturated carbocycles. The highest BCUT2D eigenvalue weighted by Crippen LogP contribution is 2.39. The average Bonchev–Trinajstić information content (AvgIpc) is 3.01. The molecule has 122 valence electrons. The number of amides is 1. The van der Waals surface area contributed by atoms with E-state index in [-0.39, 0.29) is 12.6 Å². The minimum absolute atomic E-state index is 0.239. The van der Waals surface area contributed by atoms with E-state index in [1.807, 2.05) is 29.2 Å². The standard InChI is InChI=1S/C16H18N2O4S/c1-3-22-15(20)12-13(10-4-6-11(21-2)7-5-10)18-8-9-23-16(18)17-14(12)19/h4-7,12-13H,3,8-9H2,1-2H3. The minimum Gasteiger partial charge on any atom is -0.497 e. The number of hydrogen-bond donors (Lipinski definition) is 0. The van der Waals surface area contributed by atoms with Crippen LogP contribution in [0.4, 0.5) is 0 Å². The SMILES string of the molecule is CCOC(=O)C1C(=O)N=C2SCCN2C1c1ccc(OC)cc1. The van der Waals surface area contributed by atoms with Crippen LogP contribution < -0.4 is 4.74 Å². The molecule has 0 spiro atoms. The Morgan fingerprint density at radius 2 is 2.13 bits per heavy atom. The van der Waals surface area contributed by atoms with Crippen LogP contribution in [0.25, 0.3) is 0 Å². The fourth-order valence-corrected chi connectivity index (χ4v) is 3.88. The summed E-state index contributed by atoms with van der Waals surface area (Å²) >= 11 is 1.54. The average molecular weight is 334 g/mol. The molecule has 0 aliphatic carbocycles. The molecule has 3 rings (SSSR count). The third-order valence-electron chi connectivity index (χ3n) is 3.93. The molecule has 0 radical (unpaired) electrons. The number of thioether (sulfide) groups is 1. The Morgan fingerprint density at radius 1 is 1.39 bits per heavy atom. The molecule has 0 bridgehead atoms. The number of benzene rings is 1. The molecule has 1 saturated heterocycles. The van der Waals surface area contributed by atoms with Gasteiger partial charge in [0.25, 0.3) is 5.91 Å². The first-order valence-corrected chi connectivity index (χ1v) is 8.46. The minimum atomic E-state index is -0.925. The number of methoxy groups -OCH3 is 1. The number of hydrogen-bond acceptors (Lipinski definition) is 6. The smallest absolute Gasteiger partial charge is 0.321 e. The second-order valence-corrected chi connectivity index (χ2v) is 6.28. The lowest BCUT2D eigenvalue weighted by molar-refractivity contribution is -0.154. The van der Waals surface area contributed by atoms with E-state index in [9.17, 15) is 9.59 Å². The molecule has 6 nitrogen and oxygen atoms in total. The first-order chi connectivity index (χ1) is 11.2. The van der Waals surface area contributed by atoms with E-state index in [0.29, 0.717) is 5.17 Å². The van der Waals surface area contributed by atoms with Gasteiger partial charge in [-0.3, -0.25) is 9.59 Å². The lowest BCUT2D eigenvalue weighted by Crippen LogP contribution is -2.45. The summed E-state index contributed by atoms with van der Waals surface area (Å²) in [5.74, 6) is -0.282. The van der Waals surface area contributed by atoms with Gasteiger partial charge in [0, 0.05) is 12.3 Å². The highest BCUT2D eigenvalue weighted by atomic mass is 32.2. The number of nitrogens with zero attached hydrogens (tertiary/aromatic N) is 2. The monoisotopic (exact) mass is 334 g/mol. The number of ether oxygens (including phenoxy) is 2. The molecule has 7 heteroatoms. The van der Waals surface area contributed by atoms with Gasteiger partial charge in [-0.2, -0.15) is 4.99 Å². The molecule has 2 aliphatic heterocycles. The van der Waals surface area contributed by atoms with Crippen LogP contribution in [0, 0.1) is 5.92 Å². The Morgan fingerprint density at radius 3 is 2.78 bits per heavy atom. The maximum absolute atomic E-state index is 12.4. The lowest BCUT2D eigenvalue weighted by atomic mass is 9.90. The van der Waals surface area contributed by atoms with Gasteiger partial charge in [0.2, 0.25) is 0 Å². The second-order valence-electron chi connectivity index (χ2n) is 5.22. The van der Waals surface area contributed by atoms with Crippen molar-refractivity contribution in [2.24, 2.45) is 10.9 Å². The van der Waals surface area contributed by atoms with E-state index >= 15 is 0 Å². The van der Waals surface area contributed by atoms with Crippen LogP contribution in [0.3, 0.4) is 0 Å². The van der Waals surface area contributed by atoms with E-state index < -0.39 is 17.8 Å². The van der Waals surface area contributed by atoms with Gasteiger partial charge in [-0.1, -0.05) is 23.9 Å². The zero-order chi connectivity index (χ0) is 16.4. The van der Waals surface area contributed by atoms with Crippen molar-refractivity contribution in [2.75, 3.05) is 26.0 Å². The largest absolute Gasteiger partial charge is 0.497 e. The Bertz CT molecular complexity index is 644. The number of carbonyl (C=O) groups excluding carboxylic acids is 2. The molecule has 2 unspecified atom stereocenters. The molecular formula is C16H18N2O4S. The van der Waals surface area contributed by atoms with Crippen LogP contribution >= 0.6 is 11.8 Å². The first-order valence-electron chi connectivity index (χ1n) is 7.48. The predicted molar refractivity (Wildman–Crippen MR) is 87.5 cm³/mol. The van der Waals surface area contributed by atoms with Crippen LogP contribution in [0.5, 0.6) is 5.75 Å². The van der Waals surface area contributed by atoms with Gasteiger partial charge in [0.15, 0.2) is 11.1 Å². The molecule has 2 aliphatic rings. The van der Waals surface area contributed by atoms with Gasteiger partial charge in [-0.25, -0.2) is 0 Å². The van der Waals surface area contributed by atoms with Gasteiger partial charge >= 0.3 is 5.97 Å². The molecule has 0 N–H and O–H groups in total. The zero-order valence-corrected chi connectivity index (χ0v) is 13.8. The van der Waals surface area contributed by atoms with Gasteiger partial charge in [0.05, 0.1) is 19.8 Å². The van der Waals surface area contributed by atoms with E-state index in [1.165, 1.54) is 0 Å². The molecule has 2 heterocycles. The fourth-order valence-electron chi connectivity index (χ4n) is 2.88. The summed E-state index contributed by atoms with van der Waals surface area (Å²) < 4.78 is 10.3. The zero-order valence-electron chi connectivity index (χ0n) is 13.0. The Balaban J connectivity index is 2.01. The van der Waals surface area contributed by atoms with Gasteiger partial charge in [-0.15, -0.1) is 0 Å². The summed E-state index contributed by atoms with van der Waals surface area (Å²) in [5, 5.41) is 0.691. The summed E-state index contributed by atoms with van der Waals surface area (Å²) in [5.41, 5.74) is 0.882. The van der Waals surface area contributed by atoms with E-state index in [0.717, 1.165) is 23.6 Å². The molecule has 0 aromatic heterocycles. The molecule has 1 amide bonds. The quantitative estimate of drug-likeness (QED) is 0.618. The first kappa shape index (κ1) is 15.9. The Kier molecular flexibility index (Phi) is 4.56.